The van der Waals surface area contributed by atoms with Crippen molar-refractivity contribution in [3.05, 3.63) is 60.2 Å². The zero-order valence-corrected chi connectivity index (χ0v) is 15.4. The standard InChI is InChI=1S/C22H27NO3/c1-3-12-22(17-8-5-4-6-9-17)13-11-20(24)19(15-22)21(25)23-14-7-10-18(23)16-26-2/h3-6,8-9,15,18H,1,7,10-14,16H2,2H3/t18-,22+/m0/s1. The lowest BCUT2D eigenvalue weighted by molar-refractivity contribution is -0.131. The van der Waals surface area contributed by atoms with Crippen LogP contribution in [-0.4, -0.2) is 42.9 Å². The fourth-order valence-corrected chi connectivity index (χ4v) is 4.24. The normalized spacial score (nSPS) is 25.9. The number of hydrogen-bond donors (Lipinski definition) is 0. The summed E-state index contributed by atoms with van der Waals surface area (Å²) in [5.74, 6) is -0.188. The highest BCUT2D eigenvalue weighted by Crippen LogP contribution is 2.40. The summed E-state index contributed by atoms with van der Waals surface area (Å²) in [6, 6.07) is 10.2. The minimum absolute atomic E-state index is 0.0475. The third kappa shape index (κ3) is 3.51. The van der Waals surface area contributed by atoms with Crippen LogP contribution in [0.2, 0.25) is 0 Å². The molecule has 26 heavy (non-hydrogen) atoms. The Morgan fingerprint density at radius 3 is 2.85 bits per heavy atom. The predicted octanol–water partition coefficient (Wildman–Crippen LogP) is 3.43. The van der Waals surface area contributed by atoms with Gasteiger partial charge in [0.15, 0.2) is 5.78 Å². The molecule has 1 aromatic carbocycles. The number of likely N-dealkylation sites (tertiary alicyclic amines) is 1. The van der Waals surface area contributed by atoms with E-state index in [-0.39, 0.29) is 23.1 Å². The molecule has 0 N–H and O–H groups in total. The van der Waals surface area contributed by atoms with Gasteiger partial charge in [-0.2, -0.15) is 0 Å². The van der Waals surface area contributed by atoms with Crippen LogP contribution < -0.4 is 0 Å². The number of rotatable bonds is 6. The largest absolute Gasteiger partial charge is 0.383 e. The van der Waals surface area contributed by atoms with Crippen LogP contribution in [0.1, 0.15) is 37.7 Å². The van der Waals surface area contributed by atoms with Crippen molar-refractivity contribution in [2.75, 3.05) is 20.3 Å². The molecule has 2 aliphatic rings. The number of allylic oxidation sites excluding steroid dienone is 2. The van der Waals surface area contributed by atoms with Gasteiger partial charge in [0.1, 0.15) is 0 Å². The van der Waals surface area contributed by atoms with Crippen LogP contribution in [0.3, 0.4) is 0 Å². The van der Waals surface area contributed by atoms with Gasteiger partial charge < -0.3 is 9.64 Å². The number of carbonyl (C=O) groups is 2. The molecule has 4 heteroatoms. The number of ether oxygens (including phenoxy) is 1. The summed E-state index contributed by atoms with van der Waals surface area (Å²) in [4.78, 5) is 27.6. The van der Waals surface area contributed by atoms with Gasteiger partial charge >= 0.3 is 0 Å². The van der Waals surface area contributed by atoms with E-state index in [4.69, 9.17) is 4.74 Å². The molecular formula is C22H27NO3. The monoisotopic (exact) mass is 353 g/mol. The van der Waals surface area contributed by atoms with E-state index in [0.717, 1.165) is 18.4 Å². The maximum absolute atomic E-state index is 13.2. The smallest absolute Gasteiger partial charge is 0.257 e. The molecule has 0 aromatic heterocycles. The summed E-state index contributed by atoms with van der Waals surface area (Å²) in [7, 11) is 1.65. The van der Waals surface area contributed by atoms with Gasteiger partial charge in [-0.05, 0) is 31.2 Å². The fraction of sp³-hybridized carbons (Fsp3) is 0.455. The van der Waals surface area contributed by atoms with Gasteiger partial charge in [0.05, 0.1) is 18.2 Å². The number of methoxy groups -OCH3 is 1. The maximum atomic E-state index is 13.2. The second-order valence-electron chi connectivity index (χ2n) is 7.25. The first kappa shape index (κ1) is 18.6. The first-order valence-electron chi connectivity index (χ1n) is 9.33. The first-order valence-corrected chi connectivity index (χ1v) is 9.33. The highest BCUT2D eigenvalue weighted by atomic mass is 16.5. The summed E-state index contributed by atoms with van der Waals surface area (Å²) < 4.78 is 5.26. The quantitative estimate of drug-likeness (QED) is 0.581. The van der Waals surface area contributed by atoms with E-state index in [1.807, 2.05) is 35.3 Å². The Morgan fingerprint density at radius 1 is 1.38 bits per heavy atom. The van der Waals surface area contributed by atoms with Gasteiger partial charge in [-0.15, -0.1) is 6.58 Å². The number of benzene rings is 1. The molecule has 1 heterocycles. The molecule has 0 saturated carbocycles. The molecule has 1 fully saturated rings. The molecule has 4 nitrogen and oxygen atoms in total. The summed E-state index contributed by atoms with van der Waals surface area (Å²) in [6.45, 7) is 5.11. The second kappa shape index (κ2) is 8.00. The maximum Gasteiger partial charge on any atom is 0.257 e. The highest BCUT2D eigenvalue weighted by molar-refractivity contribution is 6.20. The summed E-state index contributed by atoms with van der Waals surface area (Å²) in [5.41, 5.74) is 1.13. The van der Waals surface area contributed by atoms with Gasteiger partial charge in [0.2, 0.25) is 0 Å². The molecule has 0 spiro atoms. The third-order valence-corrected chi connectivity index (χ3v) is 5.60. The van der Waals surface area contributed by atoms with Gasteiger partial charge in [-0.1, -0.05) is 42.5 Å². The SMILES string of the molecule is C=CC[C@]1(c2ccccc2)C=C(C(=O)N2CCC[C@H]2COC)C(=O)CC1. The molecule has 1 aliphatic heterocycles. The molecular weight excluding hydrogens is 326 g/mol. The van der Waals surface area contributed by atoms with E-state index in [0.29, 0.717) is 38.0 Å². The van der Waals surface area contributed by atoms with Crippen molar-refractivity contribution < 1.29 is 14.3 Å². The molecule has 2 atom stereocenters. The Hall–Kier alpha value is -2.20. The van der Waals surface area contributed by atoms with Crippen molar-refractivity contribution in [3.8, 4) is 0 Å². The molecule has 1 aromatic rings. The molecule has 3 rings (SSSR count). The van der Waals surface area contributed by atoms with E-state index in [1.54, 1.807) is 7.11 Å². The Labute approximate surface area is 155 Å². The summed E-state index contributed by atoms with van der Waals surface area (Å²) in [5, 5.41) is 0. The number of amides is 1. The number of carbonyl (C=O) groups excluding carboxylic acids is 2. The predicted molar refractivity (Wildman–Crippen MR) is 102 cm³/mol. The summed E-state index contributed by atoms with van der Waals surface area (Å²) in [6.07, 6.45) is 7.49. The van der Waals surface area contributed by atoms with E-state index in [9.17, 15) is 9.59 Å². The minimum atomic E-state index is -0.335. The Balaban J connectivity index is 1.97. The van der Waals surface area contributed by atoms with Crippen molar-refractivity contribution in [3.63, 3.8) is 0 Å². The number of nitrogens with zero attached hydrogens (tertiary/aromatic N) is 1. The minimum Gasteiger partial charge on any atom is -0.383 e. The highest BCUT2D eigenvalue weighted by Gasteiger charge is 2.40. The molecule has 138 valence electrons. The van der Waals surface area contributed by atoms with Crippen molar-refractivity contribution in [2.24, 2.45) is 0 Å². The van der Waals surface area contributed by atoms with E-state index >= 15 is 0 Å². The number of ketones is 1. The topological polar surface area (TPSA) is 46.6 Å². The lowest BCUT2D eigenvalue weighted by Crippen LogP contribution is -2.42. The molecule has 1 aliphatic carbocycles. The lowest BCUT2D eigenvalue weighted by atomic mass is 9.69. The van der Waals surface area contributed by atoms with Crippen LogP contribution in [0.4, 0.5) is 0 Å². The average Bonchev–Trinajstić information content (AvgIpc) is 3.12. The van der Waals surface area contributed by atoms with E-state index in [2.05, 4.69) is 18.7 Å². The summed E-state index contributed by atoms with van der Waals surface area (Å²) >= 11 is 0. The number of hydrogen-bond acceptors (Lipinski definition) is 3. The van der Waals surface area contributed by atoms with Crippen LogP contribution in [0, 0.1) is 0 Å². The zero-order chi connectivity index (χ0) is 18.6. The van der Waals surface area contributed by atoms with Crippen LogP contribution in [0.15, 0.2) is 54.6 Å². The second-order valence-corrected chi connectivity index (χ2v) is 7.25. The third-order valence-electron chi connectivity index (χ3n) is 5.60. The average molecular weight is 353 g/mol. The van der Waals surface area contributed by atoms with Crippen molar-refractivity contribution >= 4 is 11.7 Å². The van der Waals surface area contributed by atoms with Crippen LogP contribution in [0.5, 0.6) is 0 Å². The van der Waals surface area contributed by atoms with Crippen LogP contribution in [0.25, 0.3) is 0 Å². The van der Waals surface area contributed by atoms with Gasteiger partial charge in [-0.25, -0.2) is 0 Å². The Bertz CT molecular complexity index is 709. The van der Waals surface area contributed by atoms with Gasteiger partial charge in [-0.3, -0.25) is 9.59 Å². The zero-order valence-electron chi connectivity index (χ0n) is 15.4. The van der Waals surface area contributed by atoms with Gasteiger partial charge in [0, 0.05) is 25.5 Å². The molecule has 1 amide bonds. The van der Waals surface area contributed by atoms with Crippen molar-refractivity contribution in [1.82, 2.24) is 4.90 Å². The molecule has 0 unspecified atom stereocenters. The van der Waals surface area contributed by atoms with Crippen molar-refractivity contribution in [2.45, 2.75) is 43.6 Å². The van der Waals surface area contributed by atoms with Crippen molar-refractivity contribution in [1.29, 1.82) is 0 Å². The van der Waals surface area contributed by atoms with Crippen LogP contribution in [-0.2, 0) is 19.7 Å². The Morgan fingerprint density at radius 2 is 2.15 bits per heavy atom. The van der Waals surface area contributed by atoms with Gasteiger partial charge in [0.25, 0.3) is 5.91 Å². The first-order chi connectivity index (χ1) is 12.6. The number of Topliss-reactive ketones (excluding diaryl/α,β-unsaturated/α-hetero) is 1. The lowest BCUT2D eigenvalue weighted by Gasteiger charge is -2.35. The van der Waals surface area contributed by atoms with E-state index in [1.165, 1.54) is 0 Å². The molecule has 1 saturated heterocycles. The Kier molecular flexibility index (Phi) is 5.72. The fourth-order valence-electron chi connectivity index (χ4n) is 4.24. The van der Waals surface area contributed by atoms with E-state index < -0.39 is 0 Å². The molecule has 0 radical (unpaired) electrons. The molecule has 0 bridgehead atoms. The van der Waals surface area contributed by atoms with Crippen LogP contribution >= 0.6 is 0 Å².